The minimum Gasteiger partial charge on any atom is -0.504 e. The summed E-state index contributed by atoms with van der Waals surface area (Å²) in [5, 5.41) is 28.6. The predicted octanol–water partition coefficient (Wildman–Crippen LogP) is 4.37. The smallest absolute Gasteiger partial charge is 0.200 e. The van der Waals surface area contributed by atoms with E-state index in [4.69, 9.17) is 0 Å². The summed E-state index contributed by atoms with van der Waals surface area (Å²) < 4.78 is 0. The maximum absolute atomic E-state index is 9.59. The molecule has 25 heavy (non-hydrogen) atoms. The molecule has 3 heteroatoms. The minimum atomic E-state index is -0.466. The second-order valence-corrected chi connectivity index (χ2v) is 6.29. The van der Waals surface area contributed by atoms with Crippen molar-refractivity contribution in [3.8, 4) is 17.2 Å². The number of hydrogen-bond acceptors (Lipinski definition) is 3. The lowest BCUT2D eigenvalue weighted by Gasteiger charge is -2.08. The van der Waals surface area contributed by atoms with E-state index in [0.29, 0.717) is 6.42 Å². The van der Waals surface area contributed by atoms with E-state index in [1.807, 2.05) is 6.07 Å². The number of rotatable bonds is 6. The standard InChI is InChI=1S/C22H22O3/c23-20-14-19(15-21(24)22(20)25)12-11-18-8-4-7-17(13-18)10-9-16-5-2-1-3-6-16/h1-8,13-15,23-25H,9-12H2. The van der Waals surface area contributed by atoms with Crippen LogP contribution >= 0.6 is 0 Å². The molecule has 0 aliphatic rings. The van der Waals surface area contributed by atoms with Crippen LogP contribution in [-0.4, -0.2) is 15.3 Å². The van der Waals surface area contributed by atoms with Crippen LogP contribution in [0, 0.1) is 0 Å². The van der Waals surface area contributed by atoms with Gasteiger partial charge in [0.25, 0.3) is 0 Å². The van der Waals surface area contributed by atoms with Gasteiger partial charge in [0.15, 0.2) is 17.2 Å². The van der Waals surface area contributed by atoms with Gasteiger partial charge in [-0.25, -0.2) is 0 Å². The minimum absolute atomic E-state index is 0.286. The van der Waals surface area contributed by atoms with E-state index >= 15 is 0 Å². The lowest BCUT2D eigenvalue weighted by atomic mass is 9.99. The molecule has 0 radical (unpaired) electrons. The fraction of sp³-hybridized carbons (Fsp3) is 0.182. The van der Waals surface area contributed by atoms with Gasteiger partial charge in [-0.05, 0) is 60.1 Å². The van der Waals surface area contributed by atoms with Crippen LogP contribution in [0.25, 0.3) is 0 Å². The zero-order chi connectivity index (χ0) is 17.6. The molecule has 0 bridgehead atoms. The Labute approximate surface area is 147 Å². The van der Waals surface area contributed by atoms with E-state index in [1.54, 1.807) is 0 Å². The maximum atomic E-state index is 9.59. The van der Waals surface area contributed by atoms with Crippen LogP contribution in [0.2, 0.25) is 0 Å². The van der Waals surface area contributed by atoms with Crippen molar-refractivity contribution in [3.63, 3.8) is 0 Å². The van der Waals surface area contributed by atoms with Gasteiger partial charge in [-0.1, -0.05) is 54.6 Å². The molecule has 0 amide bonds. The molecule has 0 aliphatic heterocycles. The van der Waals surface area contributed by atoms with E-state index in [2.05, 4.69) is 48.5 Å². The first-order chi connectivity index (χ1) is 12.1. The number of phenols is 3. The number of phenolic OH excluding ortho intramolecular Hbond substituents is 3. The highest BCUT2D eigenvalue weighted by molar-refractivity contribution is 5.51. The topological polar surface area (TPSA) is 60.7 Å². The Hall–Kier alpha value is -2.94. The van der Waals surface area contributed by atoms with Crippen molar-refractivity contribution in [1.29, 1.82) is 0 Å². The van der Waals surface area contributed by atoms with Crippen LogP contribution in [0.3, 0.4) is 0 Å². The van der Waals surface area contributed by atoms with E-state index in [1.165, 1.54) is 28.8 Å². The predicted molar refractivity (Wildman–Crippen MR) is 99.1 cm³/mol. The maximum Gasteiger partial charge on any atom is 0.200 e. The number of benzene rings is 3. The van der Waals surface area contributed by atoms with E-state index in [-0.39, 0.29) is 11.5 Å². The van der Waals surface area contributed by atoms with Crippen molar-refractivity contribution in [2.24, 2.45) is 0 Å². The van der Waals surface area contributed by atoms with Gasteiger partial charge < -0.3 is 15.3 Å². The average Bonchev–Trinajstić information content (AvgIpc) is 2.64. The van der Waals surface area contributed by atoms with Crippen LogP contribution in [0.4, 0.5) is 0 Å². The molecule has 0 spiro atoms. The van der Waals surface area contributed by atoms with Gasteiger partial charge in [-0.15, -0.1) is 0 Å². The molecule has 0 saturated heterocycles. The van der Waals surface area contributed by atoms with Gasteiger partial charge in [0, 0.05) is 0 Å². The Morgan fingerprint density at radius 3 is 1.56 bits per heavy atom. The summed E-state index contributed by atoms with van der Waals surface area (Å²) in [5.41, 5.74) is 4.65. The largest absolute Gasteiger partial charge is 0.504 e. The zero-order valence-electron chi connectivity index (χ0n) is 14.0. The normalized spacial score (nSPS) is 10.7. The molecular weight excluding hydrogens is 312 g/mol. The molecule has 0 saturated carbocycles. The van der Waals surface area contributed by atoms with Gasteiger partial charge >= 0.3 is 0 Å². The van der Waals surface area contributed by atoms with E-state index in [9.17, 15) is 15.3 Å². The highest BCUT2D eigenvalue weighted by Gasteiger charge is 2.08. The third-order valence-electron chi connectivity index (χ3n) is 4.37. The molecule has 0 unspecified atom stereocenters. The molecule has 3 nitrogen and oxygen atoms in total. The molecule has 3 aromatic rings. The third-order valence-corrected chi connectivity index (χ3v) is 4.37. The molecule has 3 aromatic carbocycles. The van der Waals surface area contributed by atoms with Crippen LogP contribution in [0.15, 0.2) is 66.7 Å². The Kier molecular flexibility index (Phi) is 5.24. The zero-order valence-corrected chi connectivity index (χ0v) is 14.0. The fourth-order valence-corrected chi connectivity index (χ4v) is 2.97. The second kappa shape index (κ2) is 7.75. The SMILES string of the molecule is Oc1cc(CCc2cccc(CCc3ccccc3)c2)cc(O)c1O. The first-order valence-corrected chi connectivity index (χ1v) is 8.47. The molecule has 0 heterocycles. The van der Waals surface area contributed by atoms with Crippen LogP contribution in [0.1, 0.15) is 22.3 Å². The molecule has 0 fully saturated rings. The Balaban J connectivity index is 1.62. The Morgan fingerprint density at radius 1 is 0.480 bits per heavy atom. The lowest BCUT2D eigenvalue weighted by molar-refractivity contribution is 0.367. The van der Waals surface area contributed by atoms with Crippen molar-refractivity contribution >= 4 is 0 Å². The molecule has 3 rings (SSSR count). The number of hydrogen-bond donors (Lipinski definition) is 3. The van der Waals surface area contributed by atoms with E-state index < -0.39 is 5.75 Å². The summed E-state index contributed by atoms with van der Waals surface area (Å²) in [7, 11) is 0. The van der Waals surface area contributed by atoms with E-state index in [0.717, 1.165) is 24.8 Å². The Morgan fingerprint density at radius 2 is 0.960 bits per heavy atom. The first kappa shape index (κ1) is 16.9. The van der Waals surface area contributed by atoms with Crippen molar-refractivity contribution in [1.82, 2.24) is 0 Å². The molecule has 0 atom stereocenters. The van der Waals surface area contributed by atoms with Gasteiger partial charge in [-0.3, -0.25) is 0 Å². The summed E-state index contributed by atoms with van der Waals surface area (Å²) in [6, 6.07) is 22.0. The molecular formula is C22H22O3. The molecule has 0 aromatic heterocycles. The number of aromatic hydroxyl groups is 3. The summed E-state index contributed by atoms with van der Waals surface area (Å²) >= 11 is 0. The fourth-order valence-electron chi connectivity index (χ4n) is 2.97. The number of aryl methyl sites for hydroxylation is 4. The van der Waals surface area contributed by atoms with Crippen molar-refractivity contribution in [2.45, 2.75) is 25.7 Å². The summed E-state index contributed by atoms with van der Waals surface area (Å²) in [6.45, 7) is 0. The molecule has 0 aliphatic carbocycles. The van der Waals surface area contributed by atoms with Gasteiger partial charge in [-0.2, -0.15) is 0 Å². The van der Waals surface area contributed by atoms with Crippen LogP contribution < -0.4 is 0 Å². The lowest BCUT2D eigenvalue weighted by Crippen LogP contribution is -1.95. The van der Waals surface area contributed by atoms with Crippen molar-refractivity contribution in [3.05, 3.63) is 89.0 Å². The highest BCUT2D eigenvalue weighted by atomic mass is 16.3. The molecule has 3 N–H and O–H groups in total. The summed E-state index contributed by atoms with van der Waals surface area (Å²) in [5.74, 6) is -1.04. The monoisotopic (exact) mass is 334 g/mol. The molecule has 128 valence electrons. The van der Waals surface area contributed by atoms with Crippen LogP contribution in [0.5, 0.6) is 17.2 Å². The van der Waals surface area contributed by atoms with Crippen LogP contribution in [-0.2, 0) is 25.7 Å². The average molecular weight is 334 g/mol. The van der Waals surface area contributed by atoms with Crippen molar-refractivity contribution < 1.29 is 15.3 Å². The second-order valence-electron chi connectivity index (χ2n) is 6.29. The first-order valence-electron chi connectivity index (χ1n) is 8.47. The summed E-state index contributed by atoms with van der Waals surface area (Å²) in [4.78, 5) is 0. The van der Waals surface area contributed by atoms with Gasteiger partial charge in [0.1, 0.15) is 0 Å². The Bertz CT molecular complexity index is 818. The quantitative estimate of drug-likeness (QED) is 0.587. The van der Waals surface area contributed by atoms with Gasteiger partial charge in [0.05, 0.1) is 0 Å². The summed E-state index contributed by atoms with van der Waals surface area (Å²) in [6.07, 6.45) is 3.51. The van der Waals surface area contributed by atoms with Crippen molar-refractivity contribution in [2.75, 3.05) is 0 Å². The highest BCUT2D eigenvalue weighted by Crippen LogP contribution is 2.35. The van der Waals surface area contributed by atoms with Gasteiger partial charge in [0.2, 0.25) is 0 Å². The third kappa shape index (κ3) is 4.54.